The summed E-state index contributed by atoms with van der Waals surface area (Å²) in [5.74, 6) is 0.689. The molecule has 0 spiro atoms. The predicted octanol–water partition coefficient (Wildman–Crippen LogP) is 3.44. The summed E-state index contributed by atoms with van der Waals surface area (Å²) in [6, 6.07) is 7.21. The lowest BCUT2D eigenvalue weighted by Gasteiger charge is -2.09. The molecule has 2 aromatic rings. The molecular weight excluding hydrogens is 230 g/mol. The number of hydrogen-bond donors (Lipinski definition) is 0. The molecule has 0 bridgehead atoms. The molecule has 92 valence electrons. The highest BCUT2D eigenvalue weighted by Crippen LogP contribution is 2.28. The van der Waals surface area contributed by atoms with Crippen molar-refractivity contribution in [1.82, 2.24) is 9.78 Å². The molecule has 0 saturated heterocycles. The maximum absolute atomic E-state index is 8.59. The first-order valence-electron chi connectivity index (χ1n) is 5.42. The largest absolute Gasteiger partial charge is 0.497 e. The molecule has 6 nitrogen and oxygen atoms in total. The van der Waals surface area contributed by atoms with E-state index >= 15 is 0 Å². The predicted molar refractivity (Wildman–Crippen MR) is 68.4 cm³/mol. The zero-order valence-corrected chi connectivity index (χ0v) is 10.5. The van der Waals surface area contributed by atoms with Gasteiger partial charge in [-0.15, -0.1) is 0 Å². The summed E-state index contributed by atoms with van der Waals surface area (Å²) < 4.78 is 6.92. The second-order valence-corrected chi connectivity index (χ2v) is 3.88. The van der Waals surface area contributed by atoms with Crippen LogP contribution in [0, 0.1) is 13.8 Å². The monoisotopic (exact) mass is 243 g/mol. The van der Waals surface area contributed by atoms with Gasteiger partial charge in [0.05, 0.1) is 24.2 Å². The topological polar surface area (TPSA) is 75.8 Å². The fraction of sp³-hybridized carbons (Fsp3) is 0.250. The Labute approximate surface area is 104 Å². The zero-order chi connectivity index (χ0) is 13.1. The molecule has 2 rings (SSSR count). The Kier molecular flexibility index (Phi) is 3.21. The summed E-state index contributed by atoms with van der Waals surface area (Å²) >= 11 is 0. The quantitative estimate of drug-likeness (QED) is 0.470. The summed E-state index contributed by atoms with van der Waals surface area (Å²) in [6.07, 6.45) is 0. The van der Waals surface area contributed by atoms with Crippen molar-refractivity contribution in [3.63, 3.8) is 0 Å². The number of nitrogens with zero attached hydrogens (tertiary/aromatic N) is 5. The van der Waals surface area contributed by atoms with Crippen LogP contribution in [0.15, 0.2) is 29.4 Å². The van der Waals surface area contributed by atoms with Crippen LogP contribution in [-0.4, -0.2) is 16.9 Å². The fourth-order valence-electron chi connectivity index (χ4n) is 1.81. The minimum atomic E-state index is 0.518. The summed E-state index contributed by atoms with van der Waals surface area (Å²) in [6.45, 7) is 3.86. The average Bonchev–Trinajstić information content (AvgIpc) is 2.69. The standard InChI is InChI=1S/C12H13N5O/c1-8-6-9(2)17(15-8)12-7-10(18-3)4-5-11(12)14-16-13/h4-7H,1-3H3. The van der Waals surface area contributed by atoms with Gasteiger partial charge in [-0.2, -0.15) is 5.10 Å². The summed E-state index contributed by atoms with van der Waals surface area (Å²) in [5, 5.41) is 8.05. The Hall–Kier alpha value is -2.46. The number of hydrogen-bond acceptors (Lipinski definition) is 3. The van der Waals surface area contributed by atoms with Crippen molar-refractivity contribution in [2.75, 3.05) is 7.11 Å². The minimum absolute atomic E-state index is 0.518. The van der Waals surface area contributed by atoms with Crippen LogP contribution in [0.5, 0.6) is 5.75 Å². The van der Waals surface area contributed by atoms with Crippen LogP contribution in [-0.2, 0) is 0 Å². The van der Waals surface area contributed by atoms with Crippen LogP contribution in [0.1, 0.15) is 11.4 Å². The fourth-order valence-corrected chi connectivity index (χ4v) is 1.81. The van der Waals surface area contributed by atoms with Crippen molar-refractivity contribution in [3.05, 3.63) is 46.1 Å². The molecule has 0 aliphatic rings. The van der Waals surface area contributed by atoms with E-state index in [2.05, 4.69) is 15.1 Å². The molecular formula is C12H13N5O. The first kappa shape index (κ1) is 12.0. The number of benzene rings is 1. The van der Waals surface area contributed by atoms with E-state index in [4.69, 9.17) is 10.3 Å². The molecule has 0 atom stereocenters. The number of rotatable bonds is 3. The molecule has 18 heavy (non-hydrogen) atoms. The number of ether oxygens (including phenoxy) is 1. The Morgan fingerprint density at radius 2 is 2.11 bits per heavy atom. The van der Waals surface area contributed by atoms with Crippen molar-refractivity contribution >= 4 is 5.69 Å². The molecule has 6 heteroatoms. The van der Waals surface area contributed by atoms with Crippen LogP contribution in [0.4, 0.5) is 5.69 Å². The van der Waals surface area contributed by atoms with E-state index < -0.39 is 0 Å². The van der Waals surface area contributed by atoms with E-state index in [9.17, 15) is 0 Å². The SMILES string of the molecule is COc1ccc(N=[N+]=[N-])c(-n2nc(C)cc2C)c1. The highest BCUT2D eigenvalue weighted by molar-refractivity contribution is 5.60. The van der Waals surface area contributed by atoms with Crippen LogP contribution >= 0.6 is 0 Å². The maximum Gasteiger partial charge on any atom is 0.121 e. The van der Waals surface area contributed by atoms with Crippen molar-refractivity contribution in [2.24, 2.45) is 5.11 Å². The molecule has 1 aromatic carbocycles. The third-order valence-electron chi connectivity index (χ3n) is 2.57. The first-order valence-corrected chi connectivity index (χ1v) is 5.42. The van der Waals surface area contributed by atoms with Gasteiger partial charge in [0, 0.05) is 16.7 Å². The number of methoxy groups -OCH3 is 1. The number of aromatic nitrogens is 2. The Balaban J connectivity index is 2.66. The van der Waals surface area contributed by atoms with Crippen LogP contribution in [0.25, 0.3) is 16.1 Å². The van der Waals surface area contributed by atoms with Gasteiger partial charge in [-0.05, 0) is 37.6 Å². The molecule has 0 radical (unpaired) electrons. The normalized spacial score (nSPS) is 9.94. The second-order valence-electron chi connectivity index (χ2n) is 3.88. The van der Waals surface area contributed by atoms with Gasteiger partial charge in [0.25, 0.3) is 0 Å². The second kappa shape index (κ2) is 4.81. The van der Waals surface area contributed by atoms with Gasteiger partial charge in [-0.1, -0.05) is 5.11 Å². The molecule has 1 aromatic heterocycles. The van der Waals surface area contributed by atoms with Crippen molar-refractivity contribution < 1.29 is 4.74 Å². The molecule has 0 aliphatic carbocycles. The first-order chi connectivity index (χ1) is 8.65. The van der Waals surface area contributed by atoms with Gasteiger partial charge >= 0.3 is 0 Å². The lowest BCUT2D eigenvalue weighted by Crippen LogP contribution is -2.00. The lowest BCUT2D eigenvalue weighted by molar-refractivity contribution is 0.414. The smallest absolute Gasteiger partial charge is 0.121 e. The van der Waals surface area contributed by atoms with E-state index in [0.29, 0.717) is 17.1 Å². The van der Waals surface area contributed by atoms with E-state index in [-0.39, 0.29) is 0 Å². The third kappa shape index (κ3) is 2.14. The van der Waals surface area contributed by atoms with Gasteiger partial charge in [0.2, 0.25) is 0 Å². The molecule has 0 aliphatic heterocycles. The van der Waals surface area contributed by atoms with Crippen LogP contribution in [0.3, 0.4) is 0 Å². The van der Waals surface area contributed by atoms with Gasteiger partial charge < -0.3 is 4.74 Å². The molecule has 0 saturated carbocycles. The molecule has 0 N–H and O–H groups in total. The Morgan fingerprint density at radius 1 is 1.33 bits per heavy atom. The number of azide groups is 1. The van der Waals surface area contributed by atoms with Gasteiger partial charge in [0.1, 0.15) is 5.75 Å². The van der Waals surface area contributed by atoms with Crippen molar-refractivity contribution in [2.45, 2.75) is 13.8 Å². The summed E-state index contributed by atoms with van der Waals surface area (Å²) in [4.78, 5) is 2.83. The average molecular weight is 243 g/mol. The number of aryl methyl sites for hydroxylation is 2. The minimum Gasteiger partial charge on any atom is -0.497 e. The van der Waals surface area contributed by atoms with E-state index in [1.54, 1.807) is 30.0 Å². The van der Waals surface area contributed by atoms with E-state index in [0.717, 1.165) is 11.4 Å². The van der Waals surface area contributed by atoms with E-state index in [1.807, 2.05) is 19.9 Å². The maximum atomic E-state index is 8.59. The van der Waals surface area contributed by atoms with Crippen LogP contribution < -0.4 is 4.74 Å². The highest BCUT2D eigenvalue weighted by atomic mass is 16.5. The van der Waals surface area contributed by atoms with Gasteiger partial charge in [-0.25, -0.2) is 4.68 Å². The van der Waals surface area contributed by atoms with Crippen molar-refractivity contribution in [1.29, 1.82) is 0 Å². The van der Waals surface area contributed by atoms with E-state index in [1.165, 1.54) is 0 Å². The van der Waals surface area contributed by atoms with Crippen molar-refractivity contribution in [3.8, 4) is 11.4 Å². The van der Waals surface area contributed by atoms with Gasteiger partial charge in [-0.3, -0.25) is 0 Å². The molecule has 0 unspecified atom stereocenters. The van der Waals surface area contributed by atoms with Gasteiger partial charge in [0.15, 0.2) is 0 Å². The molecule has 1 heterocycles. The summed E-state index contributed by atoms with van der Waals surface area (Å²) in [5.41, 5.74) is 11.7. The lowest BCUT2D eigenvalue weighted by atomic mass is 10.2. The summed E-state index contributed by atoms with van der Waals surface area (Å²) in [7, 11) is 1.59. The molecule has 0 fully saturated rings. The highest BCUT2D eigenvalue weighted by Gasteiger charge is 2.09. The zero-order valence-electron chi connectivity index (χ0n) is 10.5. The third-order valence-corrected chi connectivity index (χ3v) is 2.57. The Bertz CT molecular complexity index is 625. The molecule has 0 amide bonds. The Morgan fingerprint density at radius 3 is 2.67 bits per heavy atom. The van der Waals surface area contributed by atoms with Crippen LogP contribution in [0.2, 0.25) is 0 Å².